The molecule has 6 heteroatoms. The summed E-state index contributed by atoms with van der Waals surface area (Å²) in [7, 11) is 1.33. The molecule has 2 rings (SSSR count). The molecule has 0 spiro atoms. The molecule has 0 heterocycles. The van der Waals surface area contributed by atoms with E-state index in [0.29, 0.717) is 23.4 Å². The number of esters is 1. The van der Waals surface area contributed by atoms with Crippen molar-refractivity contribution in [3.8, 4) is 5.75 Å². The number of methoxy groups -OCH3 is 1. The monoisotopic (exact) mass is 457 g/mol. The molecule has 0 saturated carbocycles. The van der Waals surface area contributed by atoms with E-state index in [9.17, 15) is 9.59 Å². The first kappa shape index (κ1) is 25.8. The van der Waals surface area contributed by atoms with Crippen LogP contribution in [0.25, 0.3) is 0 Å². The zero-order valence-electron chi connectivity index (χ0n) is 19.4. The highest BCUT2D eigenvalue weighted by molar-refractivity contribution is 7.98. The van der Waals surface area contributed by atoms with E-state index in [0.717, 1.165) is 17.1 Å². The van der Waals surface area contributed by atoms with E-state index in [-0.39, 0.29) is 5.91 Å². The summed E-state index contributed by atoms with van der Waals surface area (Å²) < 4.78 is 10.6. The number of carbonyl (C=O) groups is 2. The first-order chi connectivity index (χ1) is 15.6. The number of unbranched alkanes of at least 4 members (excludes halogenated alkanes) is 7. The molecule has 1 amide bonds. The minimum Gasteiger partial charge on any atom is -0.494 e. The first-order valence-corrected chi connectivity index (χ1v) is 12.6. The Labute approximate surface area is 196 Å². The third kappa shape index (κ3) is 8.58. The average molecular weight is 458 g/mol. The Balaban J connectivity index is 1.81. The smallest absolute Gasteiger partial charge is 0.337 e. The normalized spacial score (nSPS) is 10.6. The maximum atomic E-state index is 12.7. The van der Waals surface area contributed by atoms with Crippen molar-refractivity contribution in [3.05, 3.63) is 53.6 Å². The standard InChI is InChI=1S/C26H35NO4S/c1-4-5-6-7-8-9-10-11-18-31-22-15-12-20(13-16-22)25(28)27-23-19-21(26(29)30-2)14-17-24(23)32-3/h12-17,19H,4-11,18H2,1-3H3,(H,27,28). The van der Waals surface area contributed by atoms with Gasteiger partial charge in [-0.25, -0.2) is 4.79 Å². The first-order valence-electron chi connectivity index (χ1n) is 11.4. The Morgan fingerprint density at radius 2 is 1.50 bits per heavy atom. The van der Waals surface area contributed by atoms with Gasteiger partial charge in [0.1, 0.15) is 5.75 Å². The molecule has 0 aliphatic heterocycles. The molecule has 0 aliphatic rings. The van der Waals surface area contributed by atoms with Gasteiger partial charge in [-0.2, -0.15) is 0 Å². The summed E-state index contributed by atoms with van der Waals surface area (Å²) in [5.74, 6) is 0.0880. The molecule has 2 aromatic carbocycles. The number of anilines is 1. The highest BCUT2D eigenvalue weighted by Crippen LogP contribution is 2.27. The van der Waals surface area contributed by atoms with Crippen molar-refractivity contribution in [1.29, 1.82) is 0 Å². The van der Waals surface area contributed by atoms with Crippen molar-refractivity contribution in [2.45, 2.75) is 63.2 Å². The van der Waals surface area contributed by atoms with E-state index in [2.05, 4.69) is 12.2 Å². The Morgan fingerprint density at radius 1 is 0.875 bits per heavy atom. The van der Waals surface area contributed by atoms with E-state index in [1.165, 1.54) is 63.8 Å². The topological polar surface area (TPSA) is 64.6 Å². The third-order valence-electron chi connectivity index (χ3n) is 5.25. The van der Waals surface area contributed by atoms with Crippen LogP contribution in [0.4, 0.5) is 5.69 Å². The van der Waals surface area contributed by atoms with Gasteiger partial charge in [0.05, 0.1) is 25.0 Å². The largest absolute Gasteiger partial charge is 0.494 e. The lowest BCUT2D eigenvalue weighted by Crippen LogP contribution is -2.13. The predicted octanol–water partition coefficient (Wildman–Crippen LogP) is 6.97. The number of rotatable bonds is 14. The van der Waals surface area contributed by atoms with E-state index in [4.69, 9.17) is 9.47 Å². The summed E-state index contributed by atoms with van der Waals surface area (Å²) in [6.07, 6.45) is 12.0. The number of hydrogen-bond donors (Lipinski definition) is 1. The summed E-state index contributed by atoms with van der Waals surface area (Å²) >= 11 is 1.50. The lowest BCUT2D eigenvalue weighted by atomic mass is 10.1. The second-order valence-corrected chi connectivity index (χ2v) is 8.56. The SMILES string of the molecule is CCCCCCCCCCOc1ccc(C(=O)Nc2cc(C(=O)OC)ccc2SC)cc1. The fourth-order valence-corrected chi connectivity index (χ4v) is 3.91. The molecule has 32 heavy (non-hydrogen) atoms. The van der Waals surface area contributed by atoms with Crippen LogP contribution in [0, 0.1) is 0 Å². The van der Waals surface area contributed by atoms with E-state index < -0.39 is 5.97 Å². The molecule has 2 aromatic rings. The summed E-state index contributed by atoms with van der Waals surface area (Å²) in [5, 5.41) is 2.89. The van der Waals surface area contributed by atoms with Crippen LogP contribution >= 0.6 is 11.8 Å². The highest BCUT2D eigenvalue weighted by Gasteiger charge is 2.13. The van der Waals surface area contributed by atoms with Crippen molar-refractivity contribution in [2.24, 2.45) is 0 Å². The molecule has 0 radical (unpaired) electrons. The second kappa shape index (κ2) is 14.6. The maximum absolute atomic E-state index is 12.7. The molecule has 0 bridgehead atoms. The summed E-state index contributed by atoms with van der Waals surface area (Å²) in [4.78, 5) is 25.4. The van der Waals surface area contributed by atoms with Gasteiger partial charge in [0.2, 0.25) is 0 Å². The molecule has 0 saturated heterocycles. The summed E-state index contributed by atoms with van der Waals surface area (Å²) in [6.45, 7) is 2.93. The molecule has 0 aliphatic carbocycles. The van der Waals surface area contributed by atoms with Gasteiger partial charge < -0.3 is 14.8 Å². The fourth-order valence-electron chi connectivity index (χ4n) is 3.37. The quantitative estimate of drug-likeness (QED) is 0.189. The van der Waals surface area contributed by atoms with Gasteiger partial charge in [-0.1, -0.05) is 51.9 Å². The number of nitrogens with one attached hydrogen (secondary N) is 1. The molecule has 0 fully saturated rings. The van der Waals surface area contributed by atoms with Crippen LogP contribution in [0.15, 0.2) is 47.4 Å². The van der Waals surface area contributed by atoms with Crippen LogP contribution in [-0.4, -0.2) is 31.8 Å². The molecule has 5 nitrogen and oxygen atoms in total. The van der Waals surface area contributed by atoms with Crippen molar-refractivity contribution in [1.82, 2.24) is 0 Å². The van der Waals surface area contributed by atoms with Crippen molar-refractivity contribution in [2.75, 3.05) is 25.3 Å². The summed E-state index contributed by atoms with van der Waals surface area (Å²) in [5.41, 5.74) is 1.51. The van der Waals surface area contributed by atoms with E-state index >= 15 is 0 Å². The second-order valence-electron chi connectivity index (χ2n) is 7.71. The van der Waals surface area contributed by atoms with Gasteiger partial charge >= 0.3 is 5.97 Å². The van der Waals surface area contributed by atoms with Gasteiger partial charge in [-0.3, -0.25) is 4.79 Å². The molecule has 174 valence electrons. The van der Waals surface area contributed by atoms with Crippen molar-refractivity contribution < 1.29 is 19.1 Å². The van der Waals surface area contributed by atoms with E-state index in [1.54, 1.807) is 30.3 Å². The Hall–Kier alpha value is -2.47. The van der Waals surface area contributed by atoms with E-state index in [1.807, 2.05) is 18.4 Å². The minimum absolute atomic E-state index is 0.239. The molecule has 1 N–H and O–H groups in total. The molecule has 0 aromatic heterocycles. The van der Waals surface area contributed by atoms with Crippen LogP contribution in [0.1, 0.15) is 79.0 Å². The molecular formula is C26H35NO4S. The van der Waals surface area contributed by atoms with Gasteiger partial charge in [-0.05, 0) is 55.1 Å². The van der Waals surface area contributed by atoms with Crippen LogP contribution in [0.3, 0.4) is 0 Å². The van der Waals surface area contributed by atoms with Gasteiger partial charge in [0, 0.05) is 10.5 Å². The van der Waals surface area contributed by atoms with Crippen LogP contribution in [0.5, 0.6) is 5.75 Å². The number of thioether (sulfide) groups is 1. The Bertz CT molecular complexity index is 851. The Kier molecular flexibility index (Phi) is 11.7. The third-order valence-corrected chi connectivity index (χ3v) is 6.05. The number of carbonyl (C=O) groups excluding carboxylic acids is 2. The average Bonchev–Trinajstić information content (AvgIpc) is 2.82. The fraction of sp³-hybridized carbons (Fsp3) is 0.462. The number of ether oxygens (including phenoxy) is 2. The van der Waals surface area contributed by atoms with Crippen molar-refractivity contribution >= 4 is 29.3 Å². The Morgan fingerprint density at radius 3 is 2.12 bits per heavy atom. The lowest BCUT2D eigenvalue weighted by molar-refractivity contribution is 0.0600. The number of benzene rings is 2. The minimum atomic E-state index is -0.439. The van der Waals surface area contributed by atoms with Gasteiger partial charge in [0.15, 0.2) is 0 Å². The zero-order valence-corrected chi connectivity index (χ0v) is 20.3. The number of hydrogen-bond acceptors (Lipinski definition) is 5. The van der Waals surface area contributed by atoms with Gasteiger partial charge in [0.25, 0.3) is 5.91 Å². The van der Waals surface area contributed by atoms with Crippen LogP contribution < -0.4 is 10.1 Å². The molecular weight excluding hydrogens is 422 g/mol. The van der Waals surface area contributed by atoms with Crippen LogP contribution in [-0.2, 0) is 4.74 Å². The highest BCUT2D eigenvalue weighted by atomic mass is 32.2. The molecule has 0 unspecified atom stereocenters. The van der Waals surface area contributed by atoms with Gasteiger partial charge in [-0.15, -0.1) is 11.8 Å². The predicted molar refractivity (Wildman–Crippen MR) is 132 cm³/mol. The lowest BCUT2D eigenvalue weighted by Gasteiger charge is -2.12. The zero-order chi connectivity index (χ0) is 23.2. The molecule has 0 atom stereocenters. The number of amides is 1. The van der Waals surface area contributed by atoms with Crippen LogP contribution in [0.2, 0.25) is 0 Å². The van der Waals surface area contributed by atoms with Crippen molar-refractivity contribution in [3.63, 3.8) is 0 Å². The summed E-state index contributed by atoms with van der Waals surface area (Å²) in [6, 6.07) is 12.3. The maximum Gasteiger partial charge on any atom is 0.337 e.